The smallest absolute Gasteiger partial charge is 0.180 e. The molecule has 0 radical (unpaired) electrons. The number of fused-ring (bicyclic) bond motifs is 1. The van der Waals surface area contributed by atoms with E-state index in [1.807, 2.05) is 59.3 Å². The molecule has 2 N–H and O–H groups in total. The Labute approximate surface area is 178 Å². The quantitative estimate of drug-likeness (QED) is 0.425. The maximum absolute atomic E-state index is 5.41. The summed E-state index contributed by atoms with van der Waals surface area (Å²) in [5.41, 5.74) is 5.40. The zero-order valence-corrected chi connectivity index (χ0v) is 17.0. The molecule has 0 spiro atoms. The molecular weight excluding hydrogens is 392 g/mol. The van der Waals surface area contributed by atoms with E-state index in [0.29, 0.717) is 17.3 Å². The second-order valence-corrected chi connectivity index (χ2v) is 6.87. The van der Waals surface area contributed by atoms with Crippen molar-refractivity contribution in [3.63, 3.8) is 0 Å². The van der Waals surface area contributed by atoms with Crippen LogP contribution in [0.5, 0.6) is 11.5 Å². The van der Waals surface area contributed by atoms with Gasteiger partial charge in [0, 0.05) is 35.9 Å². The number of ether oxygens (including phenoxy) is 2. The molecule has 3 heterocycles. The Hall–Kier alpha value is -4.33. The predicted molar refractivity (Wildman–Crippen MR) is 119 cm³/mol. The van der Waals surface area contributed by atoms with Gasteiger partial charge in [0.1, 0.15) is 0 Å². The van der Waals surface area contributed by atoms with Gasteiger partial charge < -0.3 is 24.2 Å². The van der Waals surface area contributed by atoms with Crippen molar-refractivity contribution in [2.75, 3.05) is 19.5 Å². The highest BCUT2D eigenvalue weighted by molar-refractivity contribution is 5.75. The lowest BCUT2D eigenvalue weighted by atomic mass is 10.1. The van der Waals surface area contributed by atoms with E-state index in [2.05, 4.69) is 20.3 Å². The third kappa shape index (κ3) is 3.55. The molecule has 8 heteroatoms. The summed E-state index contributed by atoms with van der Waals surface area (Å²) in [5, 5.41) is 3.36. The van der Waals surface area contributed by atoms with E-state index in [1.165, 1.54) is 0 Å². The van der Waals surface area contributed by atoms with Crippen molar-refractivity contribution in [1.29, 1.82) is 0 Å². The molecule has 31 heavy (non-hydrogen) atoms. The number of rotatable bonds is 6. The van der Waals surface area contributed by atoms with Gasteiger partial charge >= 0.3 is 0 Å². The minimum atomic E-state index is 0.636. The SMILES string of the molecule is COc1ccc(Nc2nc(-c3ccc(-c4cnc[nH]4)cc3)cn3ccnc23)cc1OC. The number of imidazole rings is 2. The van der Waals surface area contributed by atoms with Crippen molar-refractivity contribution >= 4 is 17.2 Å². The zero-order chi connectivity index (χ0) is 21.2. The van der Waals surface area contributed by atoms with Gasteiger partial charge in [-0.1, -0.05) is 24.3 Å². The average Bonchev–Trinajstić information content (AvgIpc) is 3.51. The molecule has 154 valence electrons. The largest absolute Gasteiger partial charge is 0.493 e. The van der Waals surface area contributed by atoms with Gasteiger partial charge in [-0.15, -0.1) is 0 Å². The lowest BCUT2D eigenvalue weighted by Gasteiger charge is -2.13. The summed E-state index contributed by atoms with van der Waals surface area (Å²) in [6.07, 6.45) is 9.09. The van der Waals surface area contributed by atoms with Crippen molar-refractivity contribution in [2.24, 2.45) is 0 Å². The molecule has 0 unspecified atom stereocenters. The van der Waals surface area contributed by atoms with Gasteiger partial charge in [-0.25, -0.2) is 15.0 Å². The topological polar surface area (TPSA) is 89.4 Å². The first kappa shape index (κ1) is 18.7. The van der Waals surface area contributed by atoms with Crippen LogP contribution < -0.4 is 14.8 Å². The van der Waals surface area contributed by atoms with Crippen LogP contribution in [-0.2, 0) is 0 Å². The van der Waals surface area contributed by atoms with Crippen molar-refractivity contribution in [2.45, 2.75) is 0 Å². The molecule has 0 saturated heterocycles. The molecular formula is C23H20N6O2. The average molecular weight is 412 g/mol. The van der Waals surface area contributed by atoms with E-state index in [0.717, 1.165) is 33.8 Å². The van der Waals surface area contributed by atoms with Gasteiger partial charge in [0.15, 0.2) is 23.0 Å². The van der Waals surface area contributed by atoms with Crippen LogP contribution in [0, 0.1) is 0 Å². The number of H-pyrrole nitrogens is 1. The number of methoxy groups -OCH3 is 2. The summed E-state index contributed by atoms with van der Waals surface area (Å²) in [6, 6.07) is 13.8. The molecule has 0 aliphatic heterocycles. The molecule has 5 aromatic rings. The van der Waals surface area contributed by atoms with Gasteiger partial charge in [0.25, 0.3) is 0 Å². The van der Waals surface area contributed by atoms with Crippen molar-refractivity contribution in [3.05, 3.63) is 73.6 Å². The second-order valence-electron chi connectivity index (χ2n) is 6.87. The fourth-order valence-corrected chi connectivity index (χ4v) is 3.44. The minimum Gasteiger partial charge on any atom is -0.493 e. The summed E-state index contributed by atoms with van der Waals surface area (Å²) in [6.45, 7) is 0. The molecule has 8 nitrogen and oxygen atoms in total. The Balaban J connectivity index is 1.52. The molecule has 2 aromatic carbocycles. The number of nitrogens with one attached hydrogen (secondary N) is 2. The highest BCUT2D eigenvalue weighted by atomic mass is 16.5. The van der Waals surface area contributed by atoms with E-state index in [1.54, 1.807) is 32.9 Å². The number of benzene rings is 2. The van der Waals surface area contributed by atoms with Crippen LogP contribution >= 0.6 is 0 Å². The molecule has 0 atom stereocenters. The number of nitrogens with zero attached hydrogens (tertiary/aromatic N) is 4. The fraction of sp³-hybridized carbons (Fsp3) is 0.0870. The lowest BCUT2D eigenvalue weighted by molar-refractivity contribution is 0.355. The van der Waals surface area contributed by atoms with E-state index in [-0.39, 0.29) is 0 Å². The Morgan fingerprint density at radius 2 is 1.77 bits per heavy atom. The molecule has 0 fully saturated rings. The van der Waals surface area contributed by atoms with Crippen LogP contribution in [-0.4, -0.2) is 38.6 Å². The van der Waals surface area contributed by atoms with Crippen LogP contribution in [0.1, 0.15) is 0 Å². The summed E-state index contributed by atoms with van der Waals surface area (Å²) in [4.78, 5) is 16.5. The van der Waals surface area contributed by atoms with Gasteiger partial charge in [-0.3, -0.25) is 0 Å². The molecule has 0 amide bonds. The van der Waals surface area contributed by atoms with Crippen molar-refractivity contribution < 1.29 is 9.47 Å². The van der Waals surface area contributed by atoms with E-state index in [9.17, 15) is 0 Å². The van der Waals surface area contributed by atoms with Gasteiger partial charge in [-0.05, 0) is 17.7 Å². The normalized spacial score (nSPS) is 10.9. The standard InChI is InChI=1S/C23H20N6O2/c1-30-20-8-7-17(11-21(20)31-2)27-22-23-25-9-10-29(23)13-19(28-22)16-5-3-15(4-6-16)18-12-24-14-26-18/h3-14H,1-2H3,(H,24,26)(H,27,28). The lowest BCUT2D eigenvalue weighted by Crippen LogP contribution is -2.01. The first-order valence-electron chi connectivity index (χ1n) is 9.67. The van der Waals surface area contributed by atoms with Gasteiger partial charge in [0.05, 0.1) is 38.1 Å². The van der Waals surface area contributed by atoms with E-state index in [4.69, 9.17) is 14.5 Å². The number of hydrogen-bond donors (Lipinski definition) is 2. The summed E-state index contributed by atoms with van der Waals surface area (Å²) in [5.74, 6) is 1.95. The molecule has 0 saturated carbocycles. The Morgan fingerprint density at radius 3 is 2.52 bits per heavy atom. The number of anilines is 2. The van der Waals surface area contributed by atoms with E-state index < -0.39 is 0 Å². The van der Waals surface area contributed by atoms with Crippen LogP contribution in [0.4, 0.5) is 11.5 Å². The first-order chi connectivity index (χ1) is 15.2. The Bertz CT molecular complexity index is 1330. The highest BCUT2D eigenvalue weighted by Gasteiger charge is 2.12. The Kier molecular flexibility index (Phi) is 4.72. The van der Waals surface area contributed by atoms with Gasteiger partial charge in [-0.2, -0.15) is 0 Å². The second kappa shape index (κ2) is 7.83. The third-order valence-corrected chi connectivity index (χ3v) is 5.01. The van der Waals surface area contributed by atoms with Crippen LogP contribution in [0.2, 0.25) is 0 Å². The van der Waals surface area contributed by atoms with Gasteiger partial charge in [0.2, 0.25) is 0 Å². The highest BCUT2D eigenvalue weighted by Crippen LogP contribution is 2.32. The monoisotopic (exact) mass is 412 g/mol. The minimum absolute atomic E-state index is 0.636. The molecule has 0 aliphatic rings. The summed E-state index contributed by atoms with van der Waals surface area (Å²) in [7, 11) is 3.22. The number of aromatic nitrogens is 5. The Morgan fingerprint density at radius 1 is 0.968 bits per heavy atom. The van der Waals surface area contributed by atoms with Crippen LogP contribution in [0.25, 0.3) is 28.2 Å². The van der Waals surface area contributed by atoms with E-state index >= 15 is 0 Å². The van der Waals surface area contributed by atoms with Crippen molar-refractivity contribution in [1.82, 2.24) is 24.3 Å². The summed E-state index contributed by atoms with van der Waals surface area (Å²) >= 11 is 0. The number of hydrogen-bond acceptors (Lipinski definition) is 6. The maximum Gasteiger partial charge on any atom is 0.180 e. The fourth-order valence-electron chi connectivity index (χ4n) is 3.44. The zero-order valence-electron chi connectivity index (χ0n) is 17.0. The molecule has 0 bridgehead atoms. The first-order valence-corrected chi connectivity index (χ1v) is 9.67. The molecule has 3 aromatic heterocycles. The van der Waals surface area contributed by atoms with Crippen molar-refractivity contribution in [3.8, 4) is 34.0 Å². The molecule has 5 rings (SSSR count). The van der Waals surface area contributed by atoms with Crippen LogP contribution in [0.15, 0.2) is 73.6 Å². The number of aromatic amines is 1. The molecule has 0 aliphatic carbocycles. The maximum atomic E-state index is 5.41. The summed E-state index contributed by atoms with van der Waals surface area (Å²) < 4.78 is 12.7. The van der Waals surface area contributed by atoms with Crippen LogP contribution in [0.3, 0.4) is 0 Å². The predicted octanol–water partition coefficient (Wildman–Crippen LogP) is 4.55. The third-order valence-electron chi connectivity index (χ3n) is 5.01.